The van der Waals surface area contributed by atoms with Crippen LogP contribution in [0.4, 0.5) is 0 Å². The van der Waals surface area contributed by atoms with Crippen molar-refractivity contribution >= 4 is 50.7 Å². The van der Waals surface area contributed by atoms with Crippen LogP contribution >= 0.6 is 0 Å². The van der Waals surface area contributed by atoms with Crippen LogP contribution in [0.5, 0.6) is 0 Å². The molecule has 2 aliphatic rings. The molecule has 0 N–H and O–H groups in total. The van der Waals surface area contributed by atoms with Crippen molar-refractivity contribution in [1.29, 1.82) is 0 Å². The van der Waals surface area contributed by atoms with Gasteiger partial charge in [0, 0.05) is 0 Å². The average molecular weight is 788 g/mol. The predicted octanol–water partition coefficient (Wildman–Crippen LogP) is 10.5. The summed E-state index contributed by atoms with van der Waals surface area (Å²) in [5, 5.41) is 0. The Labute approximate surface area is 284 Å². The Hall–Kier alpha value is -1.54. The summed E-state index contributed by atoms with van der Waals surface area (Å²) in [7, 11) is 0. The molecule has 0 atom stereocenters. The summed E-state index contributed by atoms with van der Waals surface area (Å²) in [4.78, 5) is 0. The van der Waals surface area contributed by atoms with Gasteiger partial charge in [0.15, 0.2) is 0 Å². The quantitative estimate of drug-likeness (QED) is 0.153. The molecule has 0 amide bonds. The van der Waals surface area contributed by atoms with Crippen LogP contribution in [0.15, 0.2) is 130 Å². The van der Waals surface area contributed by atoms with Gasteiger partial charge in [-0.25, -0.2) is 0 Å². The zero-order valence-electron chi connectivity index (χ0n) is 27.7. The second-order valence-corrected chi connectivity index (χ2v) is 16.6. The van der Waals surface area contributed by atoms with E-state index in [2.05, 4.69) is 198 Å². The number of allylic oxidation sites excluding steroid dienone is 22. The van der Waals surface area contributed by atoms with E-state index in [1.54, 1.807) is 7.10 Å². The maximum absolute atomic E-state index is 2.36. The van der Waals surface area contributed by atoms with Crippen LogP contribution in [0, 0.1) is 10.8 Å². The Morgan fingerprint density at radius 2 is 0.833 bits per heavy atom. The van der Waals surface area contributed by atoms with Gasteiger partial charge < -0.3 is 0 Å². The summed E-state index contributed by atoms with van der Waals surface area (Å²) in [6.07, 6.45) is 35.4. The van der Waals surface area contributed by atoms with Gasteiger partial charge in [-0.05, 0) is 0 Å². The molecule has 0 aliphatic heterocycles. The van der Waals surface area contributed by atoms with Gasteiger partial charge in [-0.2, -0.15) is 0 Å². The van der Waals surface area contributed by atoms with Crippen molar-refractivity contribution in [2.75, 3.05) is 0 Å². The van der Waals surface area contributed by atoms with E-state index in [1.165, 1.54) is 57.4 Å². The van der Waals surface area contributed by atoms with E-state index in [0.717, 1.165) is 12.8 Å². The normalized spacial score (nSPS) is 21.6. The molecule has 224 valence electrons. The topological polar surface area (TPSA) is 0 Å². The fraction of sp³-hybridized carbons (Fsp3) is 0.400. The number of rotatable bonds is 10. The summed E-state index contributed by atoms with van der Waals surface area (Å²) < 4.78 is 3.21. The molecule has 0 radical (unpaired) electrons. The SMILES string of the molecule is CC1=C(/C=C/C(C)=C/C=C/C(C)=C/C=C/C=C(C)/C=C/C=C(C)/C=C/C2=C(C)CC(=[Te])CC2(C)C)C(C)(C)CC(=[Te])C1. The number of hydrogen-bond donors (Lipinski definition) is 0. The van der Waals surface area contributed by atoms with E-state index >= 15 is 0 Å². The molecule has 2 aliphatic carbocycles. The van der Waals surface area contributed by atoms with E-state index < -0.39 is 0 Å². The van der Waals surface area contributed by atoms with Crippen LogP contribution in [0.3, 0.4) is 0 Å². The molecule has 0 spiro atoms. The van der Waals surface area contributed by atoms with Crippen molar-refractivity contribution in [2.45, 2.75) is 94.9 Å². The van der Waals surface area contributed by atoms with Crippen LogP contribution in [0.1, 0.15) is 94.9 Å². The predicted molar refractivity (Wildman–Crippen MR) is 194 cm³/mol. The van der Waals surface area contributed by atoms with Gasteiger partial charge in [0.2, 0.25) is 0 Å². The molecule has 0 heterocycles. The van der Waals surface area contributed by atoms with Crippen LogP contribution < -0.4 is 0 Å². The van der Waals surface area contributed by atoms with E-state index in [9.17, 15) is 0 Å². The van der Waals surface area contributed by atoms with E-state index in [-0.39, 0.29) is 10.8 Å². The molecule has 0 bridgehead atoms. The van der Waals surface area contributed by atoms with Crippen molar-refractivity contribution < 1.29 is 0 Å². The van der Waals surface area contributed by atoms with E-state index in [0.29, 0.717) is 0 Å². The van der Waals surface area contributed by atoms with Gasteiger partial charge in [0.05, 0.1) is 0 Å². The first-order valence-electron chi connectivity index (χ1n) is 15.1. The Balaban J connectivity index is 1.91. The van der Waals surface area contributed by atoms with Gasteiger partial charge in [-0.3, -0.25) is 0 Å². The molecule has 0 aromatic rings. The van der Waals surface area contributed by atoms with Crippen LogP contribution in [0.25, 0.3) is 0 Å². The minimum absolute atomic E-state index is 0.227. The summed E-state index contributed by atoms with van der Waals surface area (Å²) in [5.41, 5.74) is 11.4. The van der Waals surface area contributed by atoms with Crippen molar-refractivity contribution in [3.63, 3.8) is 0 Å². The zero-order valence-corrected chi connectivity index (χ0v) is 32.4. The third-order valence-electron chi connectivity index (χ3n) is 7.87. The fourth-order valence-corrected chi connectivity index (χ4v) is 9.04. The average Bonchev–Trinajstić information content (AvgIpc) is 2.84. The van der Waals surface area contributed by atoms with Gasteiger partial charge in [-0.1, -0.05) is 12.2 Å². The molecule has 0 saturated carbocycles. The molecular formula is C40H52Te2. The Bertz CT molecular complexity index is 1270. The fourth-order valence-electron chi connectivity index (χ4n) is 5.74. The molecule has 0 saturated heterocycles. The molecule has 0 aromatic carbocycles. The van der Waals surface area contributed by atoms with Crippen molar-refractivity contribution in [3.05, 3.63) is 130 Å². The summed E-state index contributed by atoms with van der Waals surface area (Å²) in [5.74, 6) is 0. The summed E-state index contributed by atoms with van der Waals surface area (Å²) >= 11 is 4.42. The Kier molecular flexibility index (Phi) is 14.9. The number of hydrogen-bond acceptors (Lipinski definition) is 0. The third kappa shape index (κ3) is 12.6. The van der Waals surface area contributed by atoms with Crippen molar-refractivity contribution in [1.82, 2.24) is 0 Å². The van der Waals surface area contributed by atoms with Crippen molar-refractivity contribution in [3.8, 4) is 0 Å². The summed E-state index contributed by atoms with van der Waals surface area (Å²) in [6, 6.07) is 0. The van der Waals surface area contributed by atoms with E-state index in [4.69, 9.17) is 0 Å². The summed E-state index contributed by atoms with van der Waals surface area (Å²) in [6.45, 7) is 22.7. The molecule has 42 heavy (non-hydrogen) atoms. The second kappa shape index (κ2) is 17.1. The first-order chi connectivity index (χ1) is 19.6. The minimum atomic E-state index is 0.227. The maximum atomic E-state index is 2.36. The standard InChI is InChI=1S/C40H52Te2/c1-29(17-13-19-31(3)21-23-37-33(5)25-35(41)27-39(37,7)8)15-11-12-16-30(2)18-14-20-32(4)22-24-38-34(6)26-36(42)28-40(38,9)10/h11-24H,25-28H2,1-10H3/b12-11+,17-13+,18-14+,23-21+,24-22+,29-15+,30-16+,31-19+,32-20+. The van der Waals surface area contributed by atoms with Gasteiger partial charge in [0.25, 0.3) is 0 Å². The molecular weight excluding hydrogens is 736 g/mol. The molecule has 0 aromatic heterocycles. The Morgan fingerprint density at radius 1 is 0.524 bits per heavy atom. The first kappa shape index (κ1) is 36.6. The monoisotopic (exact) mass is 792 g/mol. The van der Waals surface area contributed by atoms with Gasteiger partial charge in [0.1, 0.15) is 0 Å². The van der Waals surface area contributed by atoms with Gasteiger partial charge in [-0.15, -0.1) is 0 Å². The third-order valence-corrected chi connectivity index (χ3v) is 9.52. The molecule has 0 nitrogen and oxygen atoms in total. The Morgan fingerprint density at radius 3 is 1.17 bits per heavy atom. The van der Waals surface area contributed by atoms with Gasteiger partial charge >= 0.3 is 274 Å². The second-order valence-electron chi connectivity index (χ2n) is 13.4. The molecule has 0 fully saturated rings. The van der Waals surface area contributed by atoms with E-state index in [1.807, 2.05) is 0 Å². The zero-order chi connectivity index (χ0) is 31.5. The van der Waals surface area contributed by atoms with Crippen LogP contribution in [-0.2, 0) is 0 Å². The molecule has 0 unspecified atom stereocenters. The van der Waals surface area contributed by atoms with Crippen LogP contribution in [-0.4, -0.2) is 50.7 Å². The molecule has 2 rings (SSSR count). The van der Waals surface area contributed by atoms with Crippen molar-refractivity contribution in [2.24, 2.45) is 10.8 Å². The van der Waals surface area contributed by atoms with Crippen LogP contribution in [0.2, 0.25) is 0 Å². The first-order valence-corrected chi connectivity index (χ1v) is 17.5. The molecule has 2 heteroatoms.